The van der Waals surface area contributed by atoms with Crippen LogP contribution in [-0.2, 0) is 9.59 Å². The average Bonchev–Trinajstić information content (AvgIpc) is 2.13. The summed E-state index contributed by atoms with van der Waals surface area (Å²) in [6.07, 6.45) is 3.51. The van der Waals surface area contributed by atoms with E-state index in [0.717, 1.165) is 25.7 Å². The SMILES string of the molecule is CC(=O)CC(=O)NCC1(O)CCCC(C)C1. The zero-order valence-corrected chi connectivity index (χ0v) is 10.1. The van der Waals surface area contributed by atoms with Crippen molar-refractivity contribution in [2.45, 2.75) is 51.6 Å². The van der Waals surface area contributed by atoms with Crippen LogP contribution < -0.4 is 5.32 Å². The van der Waals surface area contributed by atoms with Crippen LogP contribution in [-0.4, -0.2) is 28.9 Å². The molecule has 0 spiro atoms. The fraction of sp³-hybridized carbons (Fsp3) is 0.833. The minimum absolute atomic E-state index is 0.0916. The number of hydrogen-bond donors (Lipinski definition) is 2. The van der Waals surface area contributed by atoms with Gasteiger partial charge in [0, 0.05) is 6.54 Å². The summed E-state index contributed by atoms with van der Waals surface area (Å²) in [5, 5.41) is 12.9. The first-order chi connectivity index (χ1) is 7.41. The second-order valence-corrected chi connectivity index (χ2v) is 5.08. The van der Waals surface area contributed by atoms with Crippen LogP contribution in [0.2, 0.25) is 0 Å². The summed E-state index contributed by atoms with van der Waals surface area (Å²) in [6.45, 7) is 3.77. The van der Waals surface area contributed by atoms with Gasteiger partial charge in [-0.25, -0.2) is 0 Å². The number of carbonyl (C=O) groups excluding carboxylic acids is 2. The second-order valence-electron chi connectivity index (χ2n) is 5.08. The average molecular weight is 227 g/mol. The van der Waals surface area contributed by atoms with E-state index in [4.69, 9.17) is 0 Å². The van der Waals surface area contributed by atoms with Gasteiger partial charge < -0.3 is 10.4 Å². The highest BCUT2D eigenvalue weighted by Gasteiger charge is 2.32. The topological polar surface area (TPSA) is 66.4 Å². The summed E-state index contributed by atoms with van der Waals surface area (Å²) in [4.78, 5) is 22.0. The van der Waals surface area contributed by atoms with E-state index < -0.39 is 5.60 Å². The Labute approximate surface area is 96.4 Å². The number of rotatable bonds is 4. The quantitative estimate of drug-likeness (QED) is 0.705. The molecule has 2 unspecified atom stereocenters. The minimum Gasteiger partial charge on any atom is -0.388 e. The van der Waals surface area contributed by atoms with Gasteiger partial charge in [0.25, 0.3) is 0 Å². The van der Waals surface area contributed by atoms with E-state index in [1.165, 1.54) is 6.92 Å². The number of hydrogen-bond acceptors (Lipinski definition) is 3. The third-order valence-corrected chi connectivity index (χ3v) is 3.09. The molecule has 1 fully saturated rings. The van der Waals surface area contributed by atoms with Gasteiger partial charge in [0.05, 0.1) is 12.0 Å². The van der Waals surface area contributed by atoms with Crippen molar-refractivity contribution in [1.29, 1.82) is 0 Å². The summed E-state index contributed by atoms with van der Waals surface area (Å²) in [6, 6.07) is 0. The molecule has 0 aromatic heterocycles. The van der Waals surface area contributed by atoms with Crippen molar-refractivity contribution < 1.29 is 14.7 Å². The highest BCUT2D eigenvalue weighted by molar-refractivity contribution is 5.96. The molecule has 1 aliphatic rings. The number of Topliss-reactive ketones (excluding diaryl/α,β-unsaturated/α-hetero) is 1. The summed E-state index contributed by atoms with van der Waals surface area (Å²) in [5.74, 6) is 0.0594. The van der Waals surface area contributed by atoms with Crippen molar-refractivity contribution in [1.82, 2.24) is 5.32 Å². The van der Waals surface area contributed by atoms with E-state index >= 15 is 0 Å². The van der Waals surface area contributed by atoms with Gasteiger partial charge in [0.15, 0.2) is 0 Å². The highest BCUT2D eigenvalue weighted by Crippen LogP contribution is 2.31. The smallest absolute Gasteiger partial charge is 0.227 e. The van der Waals surface area contributed by atoms with Crippen LogP contribution in [0.4, 0.5) is 0 Å². The summed E-state index contributed by atoms with van der Waals surface area (Å²) in [7, 11) is 0. The van der Waals surface area contributed by atoms with Gasteiger partial charge in [-0.1, -0.05) is 19.8 Å². The zero-order valence-electron chi connectivity index (χ0n) is 10.1. The van der Waals surface area contributed by atoms with E-state index in [1.54, 1.807) is 0 Å². The van der Waals surface area contributed by atoms with Crippen molar-refractivity contribution in [3.8, 4) is 0 Å². The van der Waals surface area contributed by atoms with E-state index in [1.807, 2.05) is 0 Å². The number of carbonyl (C=O) groups is 2. The molecule has 0 heterocycles. The molecule has 1 saturated carbocycles. The third-order valence-electron chi connectivity index (χ3n) is 3.09. The summed E-state index contributed by atoms with van der Waals surface area (Å²) < 4.78 is 0. The van der Waals surface area contributed by atoms with Gasteiger partial charge >= 0.3 is 0 Å². The Bertz CT molecular complexity index is 277. The Morgan fingerprint density at radius 1 is 1.50 bits per heavy atom. The molecule has 1 rings (SSSR count). The van der Waals surface area contributed by atoms with Crippen molar-refractivity contribution in [3.63, 3.8) is 0 Å². The molecule has 0 saturated heterocycles. The molecule has 2 N–H and O–H groups in total. The first kappa shape index (κ1) is 13.2. The summed E-state index contributed by atoms with van der Waals surface area (Å²) in [5.41, 5.74) is -0.774. The second kappa shape index (κ2) is 5.43. The van der Waals surface area contributed by atoms with Crippen LogP contribution in [0.25, 0.3) is 0 Å². The Morgan fingerprint density at radius 3 is 2.75 bits per heavy atom. The molecular weight excluding hydrogens is 206 g/mol. The number of nitrogens with one attached hydrogen (secondary N) is 1. The maximum Gasteiger partial charge on any atom is 0.227 e. The Kier molecular flexibility index (Phi) is 4.47. The van der Waals surface area contributed by atoms with E-state index in [9.17, 15) is 14.7 Å². The van der Waals surface area contributed by atoms with E-state index in [2.05, 4.69) is 12.2 Å². The lowest BCUT2D eigenvalue weighted by atomic mass is 9.79. The largest absolute Gasteiger partial charge is 0.388 e. The molecule has 2 atom stereocenters. The van der Waals surface area contributed by atoms with Crippen LogP contribution in [0.5, 0.6) is 0 Å². The standard InChI is InChI=1S/C12H21NO3/c1-9-4-3-5-12(16,7-9)8-13-11(15)6-10(2)14/h9,16H,3-8H2,1-2H3,(H,13,15). The summed E-state index contributed by atoms with van der Waals surface area (Å²) >= 11 is 0. The highest BCUT2D eigenvalue weighted by atomic mass is 16.3. The van der Waals surface area contributed by atoms with Gasteiger partial charge in [0.1, 0.15) is 5.78 Å². The molecular formula is C12H21NO3. The first-order valence-electron chi connectivity index (χ1n) is 5.90. The molecule has 0 aromatic carbocycles. The fourth-order valence-corrected chi connectivity index (χ4v) is 2.34. The zero-order chi connectivity index (χ0) is 12.2. The van der Waals surface area contributed by atoms with Gasteiger partial charge in [0.2, 0.25) is 5.91 Å². The first-order valence-corrected chi connectivity index (χ1v) is 5.90. The van der Waals surface area contributed by atoms with Gasteiger partial charge in [-0.15, -0.1) is 0 Å². The van der Waals surface area contributed by atoms with Crippen LogP contribution in [0.15, 0.2) is 0 Å². The van der Waals surface area contributed by atoms with Crippen LogP contribution in [0.1, 0.15) is 46.0 Å². The lowest BCUT2D eigenvalue weighted by Gasteiger charge is -2.35. The molecule has 1 amide bonds. The molecule has 1 aliphatic carbocycles. The maximum atomic E-state index is 11.3. The molecule has 92 valence electrons. The molecule has 0 aromatic rings. The van der Waals surface area contributed by atoms with Gasteiger partial charge in [-0.2, -0.15) is 0 Å². The third kappa shape index (κ3) is 4.31. The van der Waals surface area contributed by atoms with E-state index in [0.29, 0.717) is 5.92 Å². The molecule has 0 aliphatic heterocycles. The Hall–Kier alpha value is -0.900. The predicted molar refractivity (Wildman–Crippen MR) is 60.9 cm³/mol. The number of amides is 1. The molecule has 0 bridgehead atoms. The van der Waals surface area contributed by atoms with Crippen LogP contribution in [0, 0.1) is 5.92 Å². The number of aliphatic hydroxyl groups is 1. The molecule has 4 heteroatoms. The fourth-order valence-electron chi connectivity index (χ4n) is 2.34. The van der Waals surface area contributed by atoms with Crippen molar-refractivity contribution in [2.24, 2.45) is 5.92 Å². The van der Waals surface area contributed by atoms with Gasteiger partial charge in [-0.3, -0.25) is 9.59 Å². The maximum absolute atomic E-state index is 11.3. The Morgan fingerprint density at radius 2 is 2.19 bits per heavy atom. The lowest BCUT2D eigenvalue weighted by Crippen LogP contribution is -2.46. The van der Waals surface area contributed by atoms with Crippen molar-refractivity contribution in [2.75, 3.05) is 6.54 Å². The molecule has 4 nitrogen and oxygen atoms in total. The monoisotopic (exact) mass is 227 g/mol. The lowest BCUT2D eigenvalue weighted by molar-refractivity contribution is -0.128. The normalized spacial score (nSPS) is 29.8. The van der Waals surface area contributed by atoms with Gasteiger partial charge in [-0.05, 0) is 25.7 Å². The van der Waals surface area contributed by atoms with Crippen LogP contribution >= 0.6 is 0 Å². The predicted octanol–water partition coefficient (Wildman–Crippen LogP) is 1.02. The van der Waals surface area contributed by atoms with Crippen molar-refractivity contribution in [3.05, 3.63) is 0 Å². The van der Waals surface area contributed by atoms with E-state index in [-0.39, 0.29) is 24.7 Å². The molecule has 16 heavy (non-hydrogen) atoms. The van der Waals surface area contributed by atoms with Crippen molar-refractivity contribution >= 4 is 11.7 Å². The minimum atomic E-state index is -0.774. The number of ketones is 1. The molecule has 0 radical (unpaired) electrons. The van der Waals surface area contributed by atoms with Crippen LogP contribution in [0.3, 0.4) is 0 Å². The Balaban J connectivity index is 2.35.